The highest BCUT2D eigenvalue weighted by Gasteiger charge is 2.36. The zero-order chi connectivity index (χ0) is 73.8. The number of para-hydroxylation sites is 1. The van der Waals surface area contributed by atoms with Crippen molar-refractivity contribution in [3.05, 3.63) is 102 Å². The summed E-state index contributed by atoms with van der Waals surface area (Å²) < 4.78 is 0. The van der Waals surface area contributed by atoms with E-state index in [0.29, 0.717) is 16.7 Å². The van der Waals surface area contributed by atoms with E-state index in [-0.39, 0.29) is 87.4 Å². The van der Waals surface area contributed by atoms with Crippen LogP contribution in [0.3, 0.4) is 0 Å². The first-order valence-corrected chi connectivity index (χ1v) is 33.0. The van der Waals surface area contributed by atoms with Crippen LogP contribution in [0.5, 0.6) is 5.75 Å². The van der Waals surface area contributed by atoms with Crippen LogP contribution in [0.1, 0.15) is 118 Å². The van der Waals surface area contributed by atoms with Crippen LogP contribution < -0.4 is 75.7 Å². The summed E-state index contributed by atoms with van der Waals surface area (Å²) in [5.41, 5.74) is 19.2. The number of aliphatic hydroxyl groups is 1. The topological polar surface area (TPSA) is 504 Å². The molecular formula is C68H100N16O15. The number of benzene rings is 3. The van der Waals surface area contributed by atoms with Gasteiger partial charge >= 0.3 is 5.97 Å². The van der Waals surface area contributed by atoms with Crippen molar-refractivity contribution in [1.29, 1.82) is 0 Å². The number of aromatic amines is 1. The van der Waals surface area contributed by atoms with Crippen LogP contribution in [-0.4, -0.2) is 183 Å². The summed E-state index contributed by atoms with van der Waals surface area (Å²) in [4.78, 5) is 171. The Balaban J connectivity index is 1.44. The third-order valence-electron chi connectivity index (χ3n) is 15.8. The fraction of sp³-hybridized carbons (Fsp3) is 0.515. The van der Waals surface area contributed by atoms with Gasteiger partial charge in [0.25, 0.3) is 0 Å². The monoisotopic (exact) mass is 1380 g/mol. The smallest absolute Gasteiger partial charge is 0.326 e. The highest BCUT2D eigenvalue weighted by Crippen LogP contribution is 2.20. The molecule has 0 aliphatic rings. The van der Waals surface area contributed by atoms with Crippen molar-refractivity contribution in [3.8, 4) is 5.75 Å². The van der Waals surface area contributed by atoms with Gasteiger partial charge in [0.2, 0.25) is 65.0 Å². The molecule has 4 aromatic rings. The Morgan fingerprint density at radius 3 is 1.37 bits per heavy atom. The number of amides is 11. The number of carbonyl (C=O) groups excluding carboxylic acids is 11. The molecule has 12 atom stereocenters. The first-order valence-electron chi connectivity index (χ1n) is 33.0. The van der Waals surface area contributed by atoms with E-state index in [1.54, 1.807) is 90.2 Å². The predicted molar refractivity (Wildman–Crippen MR) is 369 cm³/mol. The molecule has 0 unspecified atom stereocenters. The average molecular weight is 1380 g/mol. The van der Waals surface area contributed by atoms with Gasteiger partial charge in [-0.3, -0.25) is 57.7 Å². The first-order chi connectivity index (χ1) is 46.6. The molecule has 0 aliphatic heterocycles. The number of phenols is 1. The molecule has 4 rings (SSSR count). The lowest BCUT2D eigenvalue weighted by atomic mass is 9.98. The molecule has 0 spiro atoms. The summed E-state index contributed by atoms with van der Waals surface area (Å²) in [6.07, 6.45) is 0.381. The van der Waals surface area contributed by atoms with E-state index in [2.05, 4.69) is 68.5 Å². The number of phenolic OH excluding ortho intramolecular Hbond substituents is 1. The number of aliphatic carboxylic acids is 1. The molecule has 31 heteroatoms. The van der Waals surface area contributed by atoms with Crippen molar-refractivity contribution in [1.82, 2.24) is 63.5 Å². The molecule has 3 aromatic carbocycles. The van der Waals surface area contributed by atoms with Crippen LogP contribution in [0.15, 0.2) is 90.1 Å². The Bertz CT molecular complexity index is 3430. The zero-order valence-electron chi connectivity index (χ0n) is 57.7. The number of fused-ring (bicyclic) bond motifs is 1. The molecule has 0 radical (unpaired) electrons. The lowest BCUT2D eigenvalue weighted by molar-refractivity contribution is -0.142. The fourth-order valence-electron chi connectivity index (χ4n) is 10.3. The number of guanidine groups is 1. The Morgan fingerprint density at radius 2 is 0.879 bits per heavy atom. The SMILES string of the molecule is CC(C)C[C@H](NC(=O)[C@H](C)NC(=O)[C@H](CC(C)C)NC(=O)[C@H](CC(C)C)NC(=O)[C@H](Cc1ccccc1)NC(=O)[C@H](Cc1ccc(O)cc1)NC(=O)[C@H](C)NC(=O)[C@@H](N)[C@@H](C)O)C(=O)N[C@@H](C)C(=O)NCC(=O)N[C@@H](CCCN=C(N)N)C(=O)N[C@@H](Cc1c[nH]c2ccccc12)C(=O)O. The number of aromatic nitrogens is 1. The number of carbonyl (C=O) groups is 12. The van der Waals surface area contributed by atoms with E-state index in [4.69, 9.17) is 17.2 Å². The largest absolute Gasteiger partial charge is 0.508 e. The molecule has 0 saturated carbocycles. The minimum absolute atomic E-state index is 0.0336. The quantitative estimate of drug-likeness (QED) is 0.0143. The summed E-state index contributed by atoms with van der Waals surface area (Å²) in [7, 11) is 0. The van der Waals surface area contributed by atoms with Crippen molar-refractivity contribution in [2.75, 3.05) is 13.1 Å². The molecule has 1 heterocycles. The summed E-state index contributed by atoms with van der Waals surface area (Å²) in [6, 6.07) is 7.15. The normalized spacial score (nSPS) is 14.9. The number of aromatic hydroxyl groups is 1. The highest BCUT2D eigenvalue weighted by molar-refractivity contribution is 5.99. The van der Waals surface area contributed by atoms with Crippen LogP contribution in [0.25, 0.3) is 10.9 Å². The second-order valence-corrected chi connectivity index (χ2v) is 26.0. The summed E-state index contributed by atoms with van der Waals surface area (Å²) >= 11 is 0. The van der Waals surface area contributed by atoms with Crippen LogP contribution in [0, 0.1) is 17.8 Å². The molecule has 21 N–H and O–H groups in total. The van der Waals surface area contributed by atoms with Gasteiger partial charge in [-0.2, -0.15) is 0 Å². The summed E-state index contributed by atoms with van der Waals surface area (Å²) in [5.74, 6) is -11.2. The highest BCUT2D eigenvalue weighted by atomic mass is 16.4. The number of hydrogen-bond donors (Lipinski definition) is 18. The van der Waals surface area contributed by atoms with Gasteiger partial charge in [-0.05, 0) is 112 Å². The van der Waals surface area contributed by atoms with Gasteiger partial charge in [-0.1, -0.05) is 102 Å². The number of nitrogens with one attached hydrogen (secondary N) is 12. The minimum atomic E-state index is -1.40. The van der Waals surface area contributed by atoms with Gasteiger partial charge in [0.1, 0.15) is 72.2 Å². The Morgan fingerprint density at radius 1 is 0.465 bits per heavy atom. The maximum absolute atomic E-state index is 14.6. The van der Waals surface area contributed by atoms with Crippen LogP contribution >= 0.6 is 0 Å². The number of nitrogens with two attached hydrogens (primary N) is 3. The van der Waals surface area contributed by atoms with Gasteiger partial charge < -0.3 is 96.0 Å². The number of carboxylic acid groups (broad SMARTS) is 1. The van der Waals surface area contributed by atoms with Crippen molar-refractivity contribution in [2.45, 2.75) is 193 Å². The Kier molecular flexibility index (Phi) is 32.7. The minimum Gasteiger partial charge on any atom is -0.508 e. The van der Waals surface area contributed by atoms with Crippen molar-refractivity contribution < 1.29 is 72.9 Å². The van der Waals surface area contributed by atoms with E-state index >= 15 is 0 Å². The van der Waals surface area contributed by atoms with Crippen LogP contribution in [0.4, 0.5) is 0 Å². The van der Waals surface area contributed by atoms with E-state index in [1.807, 2.05) is 12.1 Å². The molecule has 0 aliphatic carbocycles. The zero-order valence-corrected chi connectivity index (χ0v) is 57.7. The lowest BCUT2D eigenvalue weighted by Gasteiger charge is -2.28. The van der Waals surface area contributed by atoms with Crippen LogP contribution in [0.2, 0.25) is 0 Å². The maximum atomic E-state index is 14.6. The predicted octanol–water partition coefficient (Wildman–Crippen LogP) is -1.09. The van der Waals surface area contributed by atoms with Crippen molar-refractivity contribution in [2.24, 2.45) is 39.9 Å². The third-order valence-corrected chi connectivity index (χ3v) is 15.8. The van der Waals surface area contributed by atoms with Crippen LogP contribution in [-0.2, 0) is 76.8 Å². The molecule has 542 valence electrons. The number of hydrogen-bond acceptors (Lipinski definition) is 16. The van der Waals surface area contributed by atoms with E-state index < -0.39 is 150 Å². The maximum Gasteiger partial charge on any atom is 0.326 e. The number of aliphatic imine (C=N–C) groups is 1. The molecule has 11 amide bonds. The Hall–Kier alpha value is -10.2. The summed E-state index contributed by atoms with van der Waals surface area (Å²) in [6.45, 7) is 15.5. The molecule has 0 fully saturated rings. The van der Waals surface area contributed by atoms with E-state index in [1.165, 1.54) is 52.0 Å². The second-order valence-electron chi connectivity index (χ2n) is 26.0. The molecule has 1 aromatic heterocycles. The van der Waals surface area contributed by atoms with Gasteiger partial charge in [0.05, 0.1) is 12.6 Å². The van der Waals surface area contributed by atoms with Crippen molar-refractivity contribution >= 4 is 87.8 Å². The third kappa shape index (κ3) is 28.1. The van der Waals surface area contributed by atoms with E-state index in [0.717, 1.165) is 10.9 Å². The number of H-pyrrole nitrogens is 1. The van der Waals surface area contributed by atoms with Gasteiger partial charge in [0.15, 0.2) is 5.96 Å². The van der Waals surface area contributed by atoms with Crippen molar-refractivity contribution in [3.63, 3.8) is 0 Å². The van der Waals surface area contributed by atoms with Gasteiger partial charge in [-0.25, -0.2) is 4.79 Å². The van der Waals surface area contributed by atoms with E-state index in [9.17, 15) is 72.9 Å². The molecule has 0 bridgehead atoms. The number of aliphatic hydroxyl groups excluding tert-OH is 1. The first kappa shape index (κ1) is 81.3. The Labute approximate surface area is 575 Å². The fourth-order valence-corrected chi connectivity index (χ4v) is 10.3. The molecular weight excluding hydrogens is 1280 g/mol. The molecule has 0 saturated heterocycles. The lowest BCUT2D eigenvalue weighted by Crippen LogP contribution is -2.61. The number of nitrogens with zero attached hydrogens (tertiary/aromatic N) is 1. The van der Waals surface area contributed by atoms with Gasteiger partial charge in [0, 0.05) is 42.9 Å². The number of rotatable bonds is 40. The van der Waals surface area contributed by atoms with Gasteiger partial charge in [-0.15, -0.1) is 0 Å². The summed E-state index contributed by atoms with van der Waals surface area (Å²) in [5, 5.41) is 59.2. The standard InChI is InChI=1S/C68H100N16O15/c1-35(2)27-49(61(92)75-38(7)57(88)74-34-55(87)78-48(21-16-26-72-68(70)71)60(91)84-54(67(98)99)32-44-33-73-47-20-15-14-19-46(44)47)79-58(89)39(8)76-62(93)50(28-36(3)4)81-63(94)51(29-37(5)6)82-65(96)53(30-42-17-12-11-13-18-42)83-64(95)52(31-43-22-24-45(86)25-23-43)80-59(90)40(9)77-66(97)56(69)41(10)85/h11-15,17-20,22-25,33,35-41,48-54,56,73,85-86H,16,21,26-32,34,69H2,1-10H3,(H,74,88)(H,75,92)(H,76,93)(H,77,97)(H,78,87)(H,79,89)(H,80,90)(H,81,94)(H,82,96)(H,83,95)(H,84,91)(H,98,99)(H4,70,71,72)/t38-,39-,40-,41+,48-,49-,50-,51-,52-,53-,54-,56-/m0/s1. The molecule has 31 nitrogen and oxygen atoms in total. The second kappa shape index (κ2) is 39.9. The number of carboxylic acids is 1. The average Bonchev–Trinajstić information content (AvgIpc) is 1.77. The molecule has 99 heavy (non-hydrogen) atoms.